The fourth-order valence-corrected chi connectivity index (χ4v) is 0.512. The maximum absolute atomic E-state index is 10.7. The maximum atomic E-state index is 10.7. The van der Waals surface area contributed by atoms with E-state index >= 15 is 0 Å². The van der Waals surface area contributed by atoms with Gasteiger partial charge in [-0.15, -0.1) is 5.10 Å². The summed E-state index contributed by atoms with van der Waals surface area (Å²) in [6.45, 7) is 3.31. The van der Waals surface area contributed by atoms with Crippen molar-refractivity contribution in [3.63, 3.8) is 0 Å². The molecule has 10 heavy (non-hydrogen) atoms. The molecule has 0 aliphatic heterocycles. The van der Waals surface area contributed by atoms with Gasteiger partial charge in [-0.2, -0.15) is 0 Å². The number of aromatic nitrogens is 2. The van der Waals surface area contributed by atoms with Crippen LogP contribution in [0.1, 0.15) is 5.69 Å². The molecule has 0 aliphatic carbocycles. The molecule has 1 heterocycles. The number of rotatable bonds is 3. The van der Waals surface area contributed by atoms with E-state index in [1.165, 1.54) is 12.3 Å². The average molecular weight is 138 g/mol. The molecule has 0 aromatic carbocycles. The van der Waals surface area contributed by atoms with E-state index in [1.54, 1.807) is 0 Å². The Morgan fingerprint density at radius 1 is 1.90 bits per heavy atom. The predicted molar refractivity (Wildman–Crippen MR) is 33.2 cm³/mol. The molecule has 1 aromatic heterocycles. The standard InChI is InChI=1S/C6H6N2O2/c1-2-6(9)3-5-4-10-8-7-5/h2,4H,1,3H2. The molecular weight excluding hydrogens is 132 g/mol. The Balaban J connectivity index is 2.56. The quantitative estimate of drug-likeness (QED) is 0.566. The average Bonchev–Trinajstić information content (AvgIpc) is 2.40. The molecule has 0 bridgehead atoms. The zero-order valence-corrected chi connectivity index (χ0v) is 5.28. The van der Waals surface area contributed by atoms with E-state index in [-0.39, 0.29) is 12.2 Å². The van der Waals surface area contributed by atoms with Crippen molar-refractivity contribution < 1.29 is 9.32 Å². The summed E-state index contributed by atoms with van der Waals surface area (Å²) in [5, 5.41) is 6.72. The number of carbonyl (C=O) groups is 1. The molecule has 0 radical (unpaired) electrons. The number of ketones is 1. The molecule has 0 saturated heterocycles. The lowest BCUT2D eigenvalue weighted by Gasteiger charge is -1.83. The minimum atomic E-state index is -0.0873. The van der Waals surface area contributed by atoms with E-state index < -0.39 is 0 Å². The van der Waals surface area contributed by atoms with Crippen LogP contribution >= 0.6 is 0 Å². The first-order chi connectivity index (χ1) is 4.83. The molecule has 4 heteroatoms. The first kappa shape index (κ1) is 6.67. The smallest absolute Gasteiger partial charge is 0.161 e. The Labute approximate surface area is 57.5 Å². The number of allylic oxidation sites excluding steroid dienone is 1. The minimum absolute atomic E-state index is 0.0873. The molecule has 0 unspecified atom stereocenters. The summed E-state index contributed by atoms with van der Waals surface area (Å²) in [5.41, 5.74) is 0.532. The van der Waals surface area contributed by atoms with Crippen LogP contribution in [0.2, 0.25) is 0 Å². The van der Waals surface area contributed by atoms with E-state index in [2.05, 4.69) is 21.5 Å². The van der Waals surface area contributed by atoms with Gasteiger partial charge >= 0.3 is 0 Å². The highest BCUT2D eigenvalue weighted by atomic mass is 16.5. The van der Waals surface area contributed by atoms with Crippen molar-refractivity contribution in [3.8, 4) is 0 Å². The minimum Gasteiger partial charge on any atom is -0.345 e. The molecule has 0 atom stereocenters. The topological polar surface area (TPSA) is 56.0 Å². The van der Waals surface area contributed by atoms with E-state index in [0.29, 0.717) is 5.69 Å². The van der Waals surface area contributed by atoms with Crippen molar-refractivity contribution in [1.82, 2.24) is 10.4 Å². The zero-order valence-electron chi connectivity index (χ0n) is 5.28. The Morgan fingerprint density at radius 3 is 3.20 bits per heavy atom. The SMILES string of the molecule is C=CC(=O)Cc1conn1. The van der Waals surface area contributed by atoms with Gasteiger partial charge in [0.05, 0.1) is 6.42 Å². The summed E-state index contributed by atoms with van der Waals surface area (Å²) in [4.78, 5) is 10.7. The van der Waals surface area contributed by atoms with Crippen molar-refractivity contribution in [2.24, 2.45) is 0 Å². The monoisotopic (exact) mass is 138 g/mol. The molecule has 0 N–H and O–H groups in total. The summed E-state index contributed by atoms with van der Waals surface area (Å²) in [6, 6.07) is 0. The van der Waals surface area contributed by atoms with Crippen molar-refractivity contribution in [1.29, 1.82) is 0 Å². The molecule has 0 fully saturated rings. The van der Waals surface area contributed by atoms with Crippen LogP contribution in [0.5, 0.6) is 0 Å². The van der Waals surface area contributed by atoms with Crippen molar-refractivity contribution in [3.05, 3.63) is 24.6 Å². The molecule has 4 nitrogen and oxygen atoms in total. The summed E-state index contributed by atoms with van der Waals surface area (Å²) in [6.07, 6.45) is 2.79. The van der Waals surface area contributed by atoms with Crippen LogP contribution in [0, 0.1) is 0 Å². The van der Waals surface area contributed by atoms with E-state index in [4.69, 9.17) is 0 Å². The van der Waals surface area contributed by atoms with Crippen molar-refractivity contribution >= 4 is 5.78 Å². The summed E-state index contributed by atoms with van der Waals surface area (Å²) in [5.74, 6) is -0.0873. The van der Waals surface area contributed by atoms with E-state index in [0.717, 1.165) is 0 Å². The van der Waals surface area contributed by atoms with Crippen LogP contribution in [0.25, 0.3) is 0 Å². The number of hydrogen-bond acceptors (Lipinski definition) is 4. The van der Waals surface area contributed by atoms with Gasteiger partial charge in [0.2, 0.25) is 0 Å². The van der Waals surface area contributed by atoms with Gasteiger partial charge in [-0.1, -0.05) is 6.58 Å². The van der Waals surface area contributed by atoms with E-state index in [9.17, 15) is 4.79 Å². The normalized spacial score (nSPS) is 9.20. The lowest BCUT2D eigenvalue weighted by molar-refractivity contribution is -0.114. The van der Waals surface area contributed by atoms with Crippen molar-refractivity contribution in [2.45, 2.75) is 6.42 Å². The molecule has 0 amide bonds. The zero-order chi connectivity index (χ0) is 7.40. The third-order valence-electron chi connectivity index (χ3n) is 0.988. The van der Waals surface area contributed by atoms with Crippen LogP contribution < -0.4 is 0 Å². The van der Waals surface area contributed by atoms with E-state index in [1.807, 2.05) is 0 Å². The van der Waals surface area contributed by atoms with Gasteiger partial charge in [-0.05, 0) is 6.08 Å². The Hall–Kier alpha value is -1.45. The third-order valence-corrected chi connectivity index (χ3v) is 0.988. The second-order valence-electron chi connectivity index (χ2n) is 1.74. The Morgan fingerprint density at radius 2 is 2.70 bits per heavy atom. The first-order valence-corrected chi connectivity index (χ1v) is 2.74. The first-order valence-electron chi connectivity index (χ1n) is 2.74. The molecular formula is C6H6N2O2. The van der Waals surface area contributed by atoms with Crippen LogP contribution in [-0.4, -0.2) is 16.2 Å². The van der Waals surface area contributed by atoms with Gasteiger partial charge < -0.3 is 4.52 Å². The lowest BCUT2D eigenvalue weighted by Crippen LogP contribution is -1.97. The van der Waals surface area contributed by atoms with Crippen LogP contribution in [0.15, 0.2) is 23.4 Å². The molecule has 1 rings (SSSR count). The van der Waals surface area contributed by atoms with Crippen LogP contribution in [0.3, 0.4) is 0 Å². The molecule has 0 saturated carbocycles. The Bertz CT molecular complexity index is 228. The van der Waals surface area contributed by atoms with Gasteiger partial charge in [0.25, 0.3) is 0 Å². The summed E-state index contributed by atoms with van der Waals surface area (Å²) in [7, 11) is 0. The van der Waals surface area contributed by atoms with Gasteiger partial charge in [0.1, 0.15) is 12.0 Å². The number of carbonyl (C=O) groups excluding carboxylic acids is 1. The third kappa shape index (κ3) is 1.51. The largest absolute Gasteiger partial charge is 0.345 e. The highest BCUT2D eigenvalue weighted by Crippen LogP contribution is 1.93. The highest BCUT2D eigenvalue weighted by molar-refractivity contribution is 5.90. The Kier molecular flexibility index (Phi) is 1.94. The summed E-state index contributed by atoms with van der Waals surface area (Å²) >= 11 is 0. The second-order valence-corrected chi connectivity index (χ2v) is 1.74. The van der Waals surface area contributed by atoms with Crippen molar-refractivity contribution in [2.75, 3.05) is 0 Å². The molecule has 1 aromatic rings. The maximum Gasteiger partial charge on any atom is 0.161 e. The van der Waals surface area contributed by atoms with Crippen LogP contribution in [-0.2, 0) is 11.2 Å². The number of hydrogen-bond donors (Lipinski definition) is 0. The summed E-state index contributed by atoms with van der Waals surface area (Å²) < 4.78 is 4.41. The molecule has 0 spiro atoms. The highest BCUT2D eigenvalue weighted by Gasteiger charge is 2.01. The molecule has 0 aliphatic rings. The van der Waals surface area contributed by atoms with Gasteiger partial charge in [0, 0.05) is 5.27 Å². The second kappa shape index (κ2) is 2.91. The fraction of sp³-hybridized carbons (Fsp3) is 0.167. The fourth-order valence-electron chi connectivity index (χ4n) is 0.512. The van der Waals surface area contributed by atoms with Gasteiger partial charge in [0.15, 0.2) is 5.78 Å². The lowest BCUT2D eigenvalue weighted by atomic mass is 10.2. The van der Waals surface area contributed by atoms with Crippen LogP contribution in [0.4, 0.5) is 0 Å². The van der Waals surface area contributed by atoms with Gasteiger partial charge in [-0.25, -0.2) is 0 Å². The molecule has 52 valence electrons. The van der Waals surface area contributed by atoms with Gasteiger partial charge in [-0.3, -0.25) is 4.79 Å². The number of nitrogens with zero attached hydrogens (tertiary/aromatic N) is 2. The predicted octanol–water partition coefficient (Wildman–Crippen LogP) is 0.367.